The lowest BCUT2D eigenvalue weighted by molar-refractivity contribution is 0.216. The largest absolute Gasteiger partial charge is 0.394 e. The molecule has 0 aromatic heterocycles. The molecule has 0 bridgehead atoms. The molecule has 1 aromatic carbocycles. The molecule has 0 saturated heterocycles. The van der Waals surface area contributed by atoms with Gasteiger partial charge in [0.1, 0.15) is 0 Å². The van der Waals surface area contributed by atoms with E-state index >= 15 is 0 Å². The van der Waals surface area contributed by atoms with Crippen LogP contribution in [-0.2, 0) is 6.42 Å². The van der Waals surface area contributed by atoms with Gasteiger partial charge in [-0.3, -0.25) is 0 Å². The highest BCUT2D eigenvalue weighted by molar-refractivity contribution is 5.14. The monoisotopic (exact) mass is 210 g/mol. The number of hydrogen-bond acceptors (Lipinski definition) is 1. The molecular weight excluding hydrogens is 184 g/mol. The molecule has 1 rings (SSSR count). The van der Waals surface area contributed by atoms with Gasteiger partial charge in [-0.05, 0) is 25.8 Å². The summed E-state index contributed by atoms with van der Waals surface area (Å²) in [6.07, 6.45) is 2.28. The summed E-state index contributed by atoms with van der Waals surface area (Å²) in [4.78, 5) is 0. The molecule has 0 atom stereocenters. The van der Waals surface area contributed by atoms with Gasteiger partial charge in [0.15, 0.2) is 0 Å². The normalized spacial score (nSPS) is 8.47. The molecule has 15 heavy (non-hydrogen) atoms. The molecule has 0 fully saturated rings. The summed E-state index contributed by atoms with van der Waals surface area (Å²) in [5, 5.41) is 8.06. The first-order valence-corrected chi connectivity index (χ1v) is 5.88. The number of benzene rings is 1. The van der Waals surface area contributed by atoms with Crippen LogP contribution in [0.15, 0.2) is 30.3 Å². The second-order valence-corrected chi connectivity index (χ2v) is 3.33. The summed E-state index contributed by atoms with van der Waals surface area (Å²) in [6, 6.07) is 10.6. The highest BCUT2D eigenvalue weighted by Crippen LogP contribution is 2.00. The van der Waals surface area contributed by atoms with Gasteiger partial charge in [-0.2, -0.15) is 0 Å². The molecule has 0 spiro atoms. The first kappa shape index (κ1) is 16.6. The number of rotatable bonds is 2. The Labute approximate surface area is 95.2 Å². The van der Waals surface area contributed by atoms with Crippen LogP contribution in [0.25, 0.3) is 0 Å². The van der Waals surface area contributed by atoms with E-state index in [0.717, 1.165) is 0 Å². The van der Waals surface area contributed by atoms with Crippen LogP contribution in [0.5, 0.6) is 0 Å². The molecular formula is C14H26O. The van der Waals surface area contributed by atoms with Crippen molar-refractivity contribution in [2.24, 2.45) is 0 Å². The van der Waals surface area contributed by atoms with Crippen LogP contribution in [0.2, 0.25) is 0 Å². The van der Waals surface area contributed by atoms with E-state index in [-0.39, 0.29) is 6.10 Å². The molecule has 0 aliphatic heterocycles. The van der Waals surface area contributed by atoms with Crippen molar-refractivity contribution in [3.05, 3.63) is 35.9 Å². The first-order valence-electron chi connectivity index (χ1n) is 5.88. The van der Waals surface area contributed by atoms with Gasteiger partial charge in [-0.15, -0.1) is 0 Å². The van der Waals surface area contributed by atoms with Crippen LogP contribution in [-0.4, -0.2) is 11.2 Å². The molecule has 0 radical (unpaired) electrons. The second-order valence-electron chi connectivity index (χ2n) is 3.33. The van der Waals surface area contributed by atoms with Crippen molar-refractivity contribution in [1.82, 2.24) is 0 Å². The second kappa shape index (κ2) is 13.2. The lowest BCUT2D eigenvalue weighted by atomic mass is 10.1. The van der Waals surface area contributed by atoms with E-state index in [2.05, 4.69) is 37.3 Å². The zero-order chi connectivity index (χ0) is 12.1. The maximum absolute atomic E-state index is 8.06. The van der Waals surface area contributed by atoms with Crippen molar-refractivity contribution in [3.63, 3.8) is 0 Å². The fraction of sp³-hybridized carbons (Fsp3) is 0.571. The molecule has 0 aliphatic rings. The van der Waals surface area contributed by atoms with Crippen LogP contribution < -0.4 is 0 Å². The molecule has 1 nitrogen and oxygen atoms in total. The van der Waals surface area contributed by atoms with E-state index in [0.29, 0.717) is 0 Å². The van der Waals surface area contributed by atoms with E-state index in [4.69, 9.17) is 5.11 Å². The van der Waals surface area contributed by atoms with Crippen molar-refractivity contribution in [2.75, 3.05) is 0 Å². The summed E-state index contributed by atoms with van der Waals surface area (Å²) in [7, 11) is 0. The van der Waals surface area contributed by atoms with Gasteiger partial charge in [-0.25, -0.2) is 0 Å². The Kier molecular flexibility index (Phi) is 14.6. The van der Waals surface area contributed by atoms with Crippen molar-refractivity contribution in [3.8, 4) is 0 Å². The predicted molar refractivity (Wildman–Crippen MR) is 69.1 cm³/mol. The number of aliphatic hydroxyl groups is 1. The maximum Gasteiger partial charge on any atom is 0.0483 e. The van der Waals surface area contributed by atoms with E-state index < -0.39 is 0 Å². The third kappa shape index (κ3) is 15.9. The molecule has 0 unspecified atom stereocenters. The fourth-order valence-corrected chi connectivity index (χ4v) is 0.933. The number of aliphatic hydroxyl groups excluding tert-OH is 1. The van der Waals surface area contributed by atoms with Gasteiger partial charge in [0.2, 0.25) is 0 Å². The topological polar surface area (TPSA) is 20.2 Å². The van der Waals surface area contributed by atoms with E-state index in [1.165, 1.54) is 18.4 Å². The highest BCUT2D eigenvalue weighted by atomic mass is 16.3. The molecule has 1 aromatic rings. The van der Waals surface area contributed by atoms with E-state index in [9.17, 15) is 0 Å². The quantitative estimate of drug-likeness (QED) is 0.780. The molecule has 1 heteroatoms. The van der Waals surface area contributed by atoms with Crippen LogP contribution in [0.1, 0.15) is 46.6 Å². The lowest BCUT2D eigenvalue weighted by Crippen LogP contribution is -1.85. The number of hydrogen-bond donors (Lipinski definition) is 1. The highest BCUT2D eigenvalue weighted by Gasteiger charge is 1.84. The summed E-state index contributed by atoms with van der Waals surface area (Å²) in [5.41, 5.74) is 1.44. The van der Waals surface area contributed by atoms with Gasteiger partial charge >= 0.3 is 0 Å². The molecule has 88 valence electrons. The minimum atomic E-state index is -0.167. The molecule has 1 N–H and O–H groups in total. The SMILES string of the molecule is CC.CC(C)O.CCCc1ccccc1. The fourth-order valence-electron chi connectivity index (χ4n) is 0.933. The Morgan fingerprint density at radius 3 is 1.80 bits per heavy atom. The predicted octanol–water partition coefficient (Wildman–Crippen LogP) is 4.05. The summed E-state index contributed by atoms with van der Waals surface area (Å²) < 4.78 is 0. The minimum Gasteiger partial charge on any atom is -0.394 e. The van der Waals surface area contributed by atoms with Gasteiger partial charge in [0.25, 0.3) is 0 Å². The molecule has 0 saturated carbocycles. The van der Waals surface area contributed by atoms with Crippen molar-refractivity contribution in [2.45, 2.75) is 53.6 Å². The Hall–Kier alpha value is -0.820. The Bertz CT molecular complexity index is 189. The van der Waals surface area contributed by atoms with Crippen LogP contribution in [0.3, 0.4) is 0 Å². The Balaban J connectivity index is 0. The first-order chi connectivity index (χ1) is 7.16. The van der Waals surface area contributed by atoms with Crippen molar-refractivity contribution in [1.29, 1.82) is 0 Å². The van der Waals surface area contributed by atoms with Gasteiger partial charge in [0.05, 0.1) is 0 Å². The van der Waals surface area contributed by atoms with Crippen molar-refractivity contribution >= 4 is 0 Å². The number of aryl methyl sites for hydroxylation is 1. The standard InChI is InChI=1S/C9H12.C3H8O.C2H6/c1-2-6-9-7-4-3-5-8-9;1-3(2)4;1-2/h3-5,7-8H,2,6H2,1H3;3-4H,1-2H3;1-2H3. The Morgan fingerprint density at radius 1 is 1.07 bits per heavy atom. The van der Waals surface area contributed by atoms with E-state index in [1.807, 2.05) is 13.8 Å². The van der Waals surface area contributed by atoms with Crippen LogP contribution in [0.4, 0.5) is 0 Å². The zero-order valence-corrected chi connectivity index (χ0v) is 10.8. The molecule has 0 aliphatic carbocycles. The van der Waals surface area contributed by atoms with Crippen LogP contribution >= 0.6 is 0 Å². The lowest BCUT2D eigenvalue weighted by Gasteiger charge is -1.93. The summed E-state index contributed by atoms with van der Waals surface area (Å²) >= 11 is 0. The zero-order valence-electron chi connectivity index (χ0n) is 10.8. The average molecular weight is 210 g/mol. The third-order valence-electron chi connectivity index (χ3n) is 1.38. The van der Waals surface area contributed by atoms with Gasteiger partial charge in [0, 0.05) is 6.10 Å². The molecule has 0 heterocycles. The third-order valence-corrected chi connectivity index (χ3v) is 1.38. The van der Waals surface area contributed by atoms with Gasteiger partial charge < -0.3 is 5.11 Å². The maximum atomic E-state index is 8.06. The van der Waals surface area contributed by atoms with E-state index in [1.54, 1.807) is 13.8 Å². The molecule has 0 amide bonds. The van der Waals surface area contributed by atoms with Crippen molar-refractivity contribution < 1.29 is 5.11 Å². The van der Waals surface area contributed by atoms with Crippen LogP contribution in [0, 0.1) is 0 Å². The Morgan fingerprint density at radius 2 is 1.47 bits per heavy atom. The average Bonchev–Trinajstić information content (AvgIpc) is 2.22. The van der Waals surface area contributed by atoms with Gasteiger partial charge in [-0.1, -0.05) is 57.5 Å². The minimum absolute atomic E-state index is 0.167. The summed E-state index contributed by atoms with van der Waals surface area (Å²) in [5.74, 6) is 0. The smallest absolute Gasteiger partial charge is 0.0483 e. The summed E-state index contributed by atoms with van der Waals surface area (Å²) in [6.45, 7) is 9.65.